The van der Waals surface area contributed by atoms with E-state index in [2.05, 4.69) is 0 Å². The third-order valence-electron chi connectivity index (χ3n) is 2.65. The van der Waals surface area contributed by atoms with E-state index in [1.54, 1.807) is 23.5 Å². The maximum atomic E-state index is 11.8. The quantitative estimate of drug-likeness (QED) is 0.611. The number of carbonyl (C=O) groups is 1. The summed E-state index contributed by atoms with van der Waals surface area (Å²) in [6.45, 7) is 2.39. The third kappa shape index (κ3) is 2.19. The highest BCUT2D eigenvalue weighted by atomic mass is 16.5. The molecule has 18 heavy (non-hydrogen) atoms. The molecule has 2 aromatic rings. The monoisotopic (exact) mass is 243 g/mol. The molecule has 0 aliphatic carbocycles. The molecule has 0 N–H and O–H groups in total. The van der Waals surface area contributed by atoms with Gasteiger partial charge in [-0.2, -0.15) is 0 Å². The Kier molecular flexibility index (Phi) is 3.60. The van der Waals surface area contributed by atoms with Gasteiger partial charge < -0.3 is 9.30 Å². The van der Waals surface area contributed by atoms with Gasteiger partial charge in [0.1, 0.15) is 11.6 Å². The summed E-state index contributed by atoms with van der Waals surface area (Å²) in [6, 6.07) is 9.37. The number of rotatable bonds is 4. The maximum Gasteiger partial charge on any atom is 0.354 e. The summed E-state index contributed by atoms with van der Waals surface area (Å²) in [5, 5.41) is 0.944. The van der Waals surface area contributed by atoms with Gasteiger partial charge in [-0.25, -0.2) is 9.59 Å². The minimum Gasteiger partial charge on any atom is -0.461 e. The van der Waals surface area contributed by atoms with Crippen LogP contribution in [0.25, 0.3) is 10.9 Å². The minimum absolute atomic E-state index is 0.311. The number of hydrogen-bond donors (Lipinski definition) is 0. The van der Waals surface area contributed by atoms with Crippen LogP contribution in [0.4, 0.5) is 0 Å². The molecule has 0 fully saturated rings. The van der Waals surface area contributed by atoms with Gasteiger partial charge in [0, 0.05) is 17.0 Å². The molecule has 1 aromatic carbocycles. The number of allylic oxidation sites excluding steroid dienone is 1. The van der Waals surface area contributed by atoms with Gasteiger partial charge in [0.2, 0.25) is 0 Å². The standard InChI is InChI=1S/C14H13NO3/c1-2-18-14(17)13-10-11-6-3-4-7-12(11)15(13)8-5-9-16/h3-7,10H,2,8H2,1H3. The molecule has 0 spiro atoms. The van der Waals surface area contributed by atoms with E-state index in [-0.39, 0.29) is 5.97 Å². The van der Waals surface area contributed by atoms with Crippen LogP contribution in [0.1, 0.15) is 17.4 Å². The van der Waals surface area contributed by atoms with E-state index < -0.39 is 0 Å². The van der Waals surface area contributed by atoms with E-state index >= 15 is 0 Å². The van der Waals surface area contributed by atoms with Gasteiger partial charge in [-0.05, 0) is 19.1 Å². The third-order valence-corrected chi connectivity index (χ3v) is 2.65. The van der Waals surface area contributed by atoms with Gasteiger partial charge >= 0.3 is 5.97 Å². The Morgan fingerprint density at radius 3 is 2.94 bits per heavy atom. The average Bonchev–Trinajstić information content (AvgIpc) is 2.75. The number of benzene rings is 1. The molecule has 0 saturated carbocycles. The highest BCUT2D eigenvalue weighted by Gasteiger charge is 2.15. The first-order valence-electron chi connectivity index (χ1n) is 5.72. The lowest BCUT2D eigenvalue weighted by atomic mass is 10.2. The second kappa shape index (κ2) is 5.34. The largest absolute Gasteiger partial charge is 0.461 e. The lowest BCUT2D eigenvalue weighted by molar-refractivity contribution is 0.0515. The van der Waals surface area contributed by atoms with Crippen LogP contribution in [0.2, 0.25) is 0 Å². The summed E-state index contributed by atoms with van der Waals surface area (Å²) in [5.41, 5.74) is 1.34. The molecule has 0 atom stereocenters. The van der Waals surface area contributed by atoms with Gasteiger partial charge in [-0.3, -0.25) is 0 Å². The summed E-state index contributed by atoms with van der Waals surface area (Å²) < 4.78 is 6.75. The Hall–Kier alpha value is -2.32. The predicted molar refractivity (Wildman–Crippen MR) is 68.2 cm³/mol. The van der Waals surface area contributed by atoms with Crippen LogP contribution < -0.4 is 0 Å². The second-order valence-electron chi connectivity index (χ2n) is 3.74. The van der Waals surface area contributed by atoms with Gasteiger partial charge in [0.05, 0.1) is 13.2 Å². The molecule has 0 saturated heterocycles. The molecule has 92 valence electrons. The number of carbonyl (C=O) groups excluding carboxylic acids is 2. The summed E-state index contributed by atoms with van der Waals surface area (Å²) in [5.74, 6) is 1.34. The minimum atomic E-state index is -0.381. The SMILES string of the molecule is CCOC(=O)c1cc2ccccc2n1CC=C=O. The number of fused-ring (bicyclic) bond motifs is 1. The lowest BCUT2D eigenvalue weighted by Crippen LogP contribution is -2.11. The summed E-state index contributed by atoms with van der Waals surface area (Å²) in [6.07, 6.45) is 1.34. The van der Waals surface area contributed by atoms with Crippen molar-refractivity contribution in [2.24, 2.45) is 0 Å². The first-order chi connectivity index (χ1) is 8.77. The molecule has 2 rings (SSSR count). The van der Waals surface area contributed by atoms with Crippen molar-refractivity contribution < 1.29 is 14.3 Å². The zero-order chi connectivity index (χ0) is 13.0. The average molecular weight is 243 g/mol. The highest BCUT2D eigenvalue weighted by Crippen LogP contribution is 2.20. The van der Waals surface area contributed by atoms with Gasteiger partial charge in [0.15, 0.2) is 0 Å². The Bertz CT molecular complexity index is 621. The molecule has 0 bridgehead atoms. The van der Waals surface area contributed by atoms with Gasteiger partial charge in [-0.15, -0.1) is 0 Å². The zero-order valence-corrected chi connectivity index (χ0v) is 10.1. The molecule has 0 aliphatic rings. The summed E-state index contributed by atoms with van der Waals surface area (Å²) in [4.78, 5) is 22.2. The number of nitrogens with zero attached hydrogens (tertiary/aromatic N) is 1. The van der Waals surface area contributed by atoms with Crippen molar-refractivity contribution in [2.75, 3.05) is 6.61 Å². The zero-order valence-electron chi connectivity index (χ0n) is 10.1. The fourth-order valence-electron chi connectivity index (χ4n) is 1.91. The molecule has 4 nitrogen and oxygen atoms in total. The molecule has 0 amide bonds. The molecule has 4 heteroatoms. The van der Waals surface area contributed by atoms with E-state index in [1.165, 1.54) is 6.08 Å². The smallest absolute Gasteiger partial charge is 0.354 e. The first kappa shape index (κ1) is 12.1. The first-order valence-corrected chi connectivity index (χ1v) is 5.72. The van der Waals surface area contributed by atoms with E-state index in [0.29, 0.717) is 18.8 Å². The van der Waals surface area contributed by atoms with Crippen LogP contribution in [0.15, 0.2) is 36.4 Å². The van der Waals surface area contributed by atoms with Gasteiger partial charge in [-0.1, -0.05) is 18.2 Å². The van der Waals surface area contributed by atoms with Crippen molar-refractivity contribution in [3.8, 4) is 0 Å². The molecule has 0 radical (unpaired) electrons. The van der Waals surface area contributed by atoms with E-state index in [4.69, 9.17) is 4.74 Å². The number of para-hydroxylation sites is 1. The molecular formula is C14H13NO3. The number of aromatic nitrogens is 1. The number of ether oxygens (including phenoxy) is 1. The Morgan fingerprint density at radius 1 is 1.44 bits per heavy atom. The van der Waals surface area contributed by atoms with Crippen LogP contribution in [0, 0.1) is 0 Å². The van der Waals surface area contributed by atoms with Crippen molar-refractivity contribution in [3.05, 3.63) is 42.1 Å². The Labute approximate surface area is 104 Å². The highest BCUT2D eigenvalue weighted by molar-refractivity contribution is 5.95. The van der Waals surface area contributed by atoms with Crippen LogP contribution >= 0.6 is 0 Å². The fraction of sp³-hybridized carbons (Fsp3) is 0.214. The van der Waals surface area contributed by atoms with Crippen molar-refractivity contribution >= 4 is 22.8 Å². The van der Waals surface area contributed by atoms with Crippen molar-refractivity contribution in [2.45, 2.75) is 13.5 Å². The van der Waals surface area contributed by atoms with E-state index in [9.17, 15) is 9.59 Å². The molecule has 1 heterocycles. The van der Waals surface area contributed by atoms with Crippen LogP contribution in [-0.4, -0.2) is 23.1 Å². The fourth-order valence-corrected chi connectivity index (χ4v) is 1.91. The lowest BCUT2D eigenvalue weighted by Gasteiger charge is -2.06. The predicted octanol–water partition coefficient (Wildman–Crippen LogP) is 2.21. The summed E-state index contributed by atoms with van der Waals surface area (Å²) in [7, 11) is 0. The van der Waals surface area contributed by atoms with Gasteiger partial charge in [0.25, 0.3) is 0 Å². The molecule has 0 aliphatic heterocycles. The van der Waals surface area contributed by atoms with Crippen molar-refractivity contribution in [1.29, 1.82) is 0 Å². The topological polar surface area (TPSA) is 48.3 Å². The van der Waals surface area contributed by atoms with Crippen LogP contribution in [0.3, 0.4) is 0 Å². The Morgan fingerprint density at radius 2 is 2.22 bits per heavy atom. The Balaban J connectivity index is 2.56. The molecule has 1 aromatic heterocycles. The van der Waals surface area contributed by atoms with Crippen LogP contribution in [0.5, 0.6) is 0 Å². The summed E-state index contributed by atoms with van der Waals surface area (Å²) >= 11 is 0. The number of hydrogen-bond acceptors (Lipinski definition) is 3. The maximum absolute atomic E-state index is 11.8. The molecule has 0 unspecified atom stereocenters. The van der Waals surface area contributed by atoms with Crippen molar-refractivity contribution in [1.82, 2.24) is 4.57 Å². The molecular weight excluding hydrogens is 230 g/mol. The normalized spacial score (nSPS) is 10.1. The van der Waals surface area contributed by atoms with Crippen molar-refractivity contribution in [3.63, 3.8) is 0 Å². The van der Waals surface area contributed by atoms with Crippen LogP contribution in [-0.2, 0) is 16.1 Å². The number of esters is 1. The van der Waals surface area contributed by atoms with E-state index in [0.717, 1.165) is 10.9 Å². The van der Waals surface area contributed by atoms with E-state index in [1.807, 2.05) is 24.3 Å². The second-order valence-corrected chi connectivity index (χ2v) is 3.74.